The predicted molar refractivity (Wildman–Crippen MR) is 97.5 cm³/mol. The fourth-order valence-corrected chi connectivity index (χ4v) is 4.92. The van der Waals surface area contributed by atoms with Crippen LogP contribution in [-0.4, -0.2) is 17.1 Å². The highest BCUT2D eigenvalue weighted by atomic mass is 35.5. The van der Waals surface area contributed by atoms with E-state index in [9.17, 15) is 9.59 Å². The summed E-state index contributed by atoms with van der Waals surface area (Å²) in [4.78, 5) is 26.3. The van der Waals surface area contributed by atoms with Crippen LogP contribution in [0.4, 0.5) is 11.4 Å². The fraction of sp³-hybridized carbons (Fsp3) is 0.222. The molecule has 1 saturated heterocycles. The number of benzene rings is 2. The lowest BCUT2D eigenvalue weighted by atomic mass is 10.0. The van der Waals surface area contributed by atoms with Crippen LogP contribution in [0.1, 0.15) is 18.1 Å². The number of anilines is 2. The van der Waals surface area contributed by atoms with E-state index < -0.39 is 4.87 Å². The lowest BCUT2D eigenvalue weighted by Crippen LogP contribution is -2.47. The maximum absolute atomic E-state index is 12.9. The van der Waals surface area contributed by atoms with E-state index in [2.05, 4.69) is 5.32 Å². The van der Waals surface area contributed by atoms with Gasteiger partial charge >= 0.3 is 0 Å². The number of aryl methyl sites for hydroxylation is 1. The van der Waals surface area contributed by atoms with E-state index in [-0.39, 0.29) is 17.1 Å². The van der Waals surface area contributed by atoms with Crippen molar-refractivity contribution < 1.29 is 9.59 Å². The quantitative estimate of drug-likeness (QED) is 0.840. The van der Waals surface area contributed by atoms with Crippen molar-refractivity contribution in [3.05, 3.63) is 58.6 Å². The minimum absolute atomic E-state index is 0.0770. The number of thioether (sulfide) groups is 1. The first-order valence-corrected chi connectivity index (χ1v) is 8.89. The van der Waals surface area contributed by atoms with Crippen LogP contribution in [0.2, 0.25) is 5.02 Å². The zero-order valence-electron chi connectivity index (χ0n) is 13.2. The van der Waals surface area contributed by atoms with Gasteiger partial charge in [-0.25, -0.2) is 0 Å². The van der Waals surface area contributed by atoms with Gasteiger partial charge in [-0.1, -0.05) is 29.3 Å². The van der Waals surface area contributed by atoms with Crippen LogP contribution in [0.5, 0.6) is 0 Å². The first-order chi connectivity index (χ1) is 11.4. The first-order valence-electron chi connectivity index (χ1n) is 7.63. The Morgan fingerprint density at radius 3 is 2.58 bits per heavy atom. The summed E-state index contributed by atoms with van der Waals surface area (Å²) in [5.41, 5.74) is 3.25. The maximum Gasteiger partial charge on any atom is 0.266 e. The van der Waals surface area contributed by atoms with Gasteiger partial charge in [0, 0.05) is 22.0 Å². The molecule has 122 valence electrons. The molecule has 1 spiro atoms. The second-order valence-corrected chi connectivity index (χ2v) is 8.03. The molecule has 2 amide bonds. The van der Waals surface area contributed by atoms with E-state index in [1.165, 1.54) is 11.8 Å². The lowest BCUT2D eigenvalue weighted by Gasteiger charge is -2.32. The Morgan fingerprint density at radius 2 is 1.88 bits per heavy atom. The normalized spacial score (nSPS) is 25.3. The molecule has 24 heavy (non-hydrogen) atoms. The van der Waals surface area contributed by atoms with E-state index in [1.54, 1.807) is 23.1 Å². The highest BCUT2D eigenvalue weighted by Crippen LogP contribution is 2.56. The number of halogens is 1. The van der Waals surface area contributed by atoms with Gasteiger partial charge in [0.1, 0.15) is 0 Å². The van der Waals surface area contributed by atoms with Gasteiger partial charge in [-0.15, -0.1) is 11.8 Å². The van der Waals surface area contributed by atoms with Crippen LogP contribution >= 0.6 is 23.4 Å². The largest absolute Gasteiger partial charge is 0.323 e. The molecule has 2 atom stereocenters. The van der Waals surface area contributed by atoms with Crippen LogP contribution in [0.25, 0.3) is 0 Å². The Bertz CT molecular complexity index is 868. The number of carbonyl (C=O) groups is 2. The monoisotopic (exact) mass is 358 g/mol. The minimum Gasteiger partial charge on any atom is -0.323 e. The van der Waals surface area contributed by atoms with Crippen molar-refractivity contribution in [2.75, 3.05) is 10.2 Å². The van der Waals surface area contributed by atoms with Gasteiger partial charge in [0.15, 0.2) is 0 Å². The molecular weight excluding hydrogens is 344 g/mol. The third-order valence-electron chi connectivity index (χ3n) is 4.43. The van der Waals surface area contributed by atoms with E-state index in [1.807, 2.05) is 38.1 Å². The summed E-state index contributed by atoms with van der Waals surface area (Å²) in [6.45, 7) is 3.82. The second kappa shape index (κ2) is 5.26. The first kappa shape index (κ1) is 15.5. The highest BCUT2D eigenvalue weighted by molar-refractivity contribution is 8.03. The van der Waals surface area contributed by atoms with Gasteiger partial charge in [-0.2, -0.15) is 0 Å². The van der Waals surface area contributed by atoms with Crippen molar-refractivity contribution >= 4 is 46.6 Å². The second-order valence-electron chi connectivity index (χ2n) is 6.06. The Balaban J connectivity index is 1.95. The van der Waals surface area contributed by atoms with Gasteiger partial charge in [-0.05, 0) is 44.2 Å². The molecule has 2 aliphatic rings. The van der Waals surface area contributed by atoms with Gasteiger partial charge in [-0.3, -0.25) is 14.5 Å². The number of hydrogen-bond donors (Lipinski definition) is 1. The lowest BCUT2D eigenvalue weighted by molar-refractivity contribution is -0.122. The Hall–Kier alpha value is -1.98. The zero-order valence-corrected chi connectivity index (χ0v) is 14.7. The van der Waals surface area contributed by atoms with Gasteiger partial charge in [0.05, 0.1) is 5.25 Å². The standard InChI is InChI=1S/C18H15ClN2O2S/c1-10-3-6-13(7-4-10)21-16(22)11(2)24-18(21)14-9-12(19)5-8-15(14)20-17(18)23/h3-9,11H,1-2H3,(H,20,23). The van der Waals surface area contributed by atoms with Gasteiger partial charge < -0.3 is 5.32 Å². The zero-order chi connectivity index (χ0) is 17.1. The van der Waals surface area contributed by atoms with Crippen molar-refractivity contribution in [1.29, 1.82) is 0 Å². The molecule has 2 aromatic rings. The topological polar surface area (TPSA) is 49.4 Å². The highest BCUT2D eigenvalue weighted by Gasteiger charge is 2.60. The third-order valence-corrected chi connectivity index (χ3v) is 6.14. The minimum atomic E-state index is -1.11. The molecule has 0 radical (unpaired) electrons. The van der Waals surface area contributed by atoms with Crippen LogP contribution in [0.15, 0.2) is 42.5 Å². The Morgan fingerprint density at radius 1 is 1.17 bits per heavy atom. The SMILES string of the molecule is Cc1ccc(N2C(=O)C(C)SC23C(=O)Nc2ccc(Cl)cc23)cc1. The summed E-state index contributed by atoms with van der Waals surface area (Å²) in [5, 5.41) is 3.12. The molecule has 4 rings (SSSR count). The number of nitrogens with one attached hydrogen (secondary N) is 1. The van der Waals surface area contributed by atoms with Crippen LogP contribution in [-0.2, 0) is 14.5 Å². The average molecular weight is 359 g/mol. The van der Waals surface area contributed by atoms with Crippen molar-refractivity contribution in [1.82, 2.24) is 0 Å². The van der Waals surface area contributed by atoms with Crippen molar-refractivity contribution in [3.63, 3.8) is 0 Å². The van der Waals surface area contributed by atoms with Crippen LogP contribution in [0.3, 0.4) is 0 Å². The molecule has 1 fully saturated rings. The molecule has 0 bridgehead atoms. The van der Waals surface area contributed by atoms with Crippen molar-refractivity contribution in [2.24, 2.45) is 0 Å². The molecular formula is C18H15ClN2O2S. The summed E-state index contributed by atoms with van der Waals surface area (Å²) in [7, 11) is 0. The number of amides is 2. The number of nitrogens with zero attached hydrogens (tertiary/aromatic N) is 1. The van der Waals surface area contributed by atoms with E-state index >= 15 is 0 Å². The summed E-state index contributed by atoms with van der Waals surface area (Å²) in [5.74, 6) is -0.283. The van der Waals surface area contributed by atoms with E-state index in [0.717, 1.165) is 11.1 Å². The summed E-state index contributed by atoms with van der Waals surface area (Å²) < 4.78 is 0. The van der Waals surface area contributed by atoms with E-state index in [0.29, 0.717) is 16.4 Å². The third kappa shape index (κ3) is 2.01. The molecule has 2 unspecified atom stereocenters. The van der Waals surface area contributed by atoms with Crippen molar-refractivity contribution in [3.8, 4) is 0 Å². The fourth-order valence-electron chi connectivity index (χ4n) is 3.27. The summed E-state index contributed by atoms with van der Waals surface area (Å²) in [6, 6.07) is 12.9. The molecule has 0 saturated carbocycles. The smallest absolute Gasteiger partial charge is 0.266 e. The molecule has 0 aromatic heterocycles. The summed E-state index contributed by atoms with van der Waals surface area (Å²) in [6.07, 6.45) is 0. The molecule has 1 N–H and O–H groups in total. The molecule has 2 heterocycles. The number of carbonyl (C=O) groups excluding carboxylic acids is 2. The number of fused-ring (bicyclic) bond motifs is 2. The van der Waals surface area contributed by atoms with Gasteiger partial charge in [0.2, 0.25) is 10.8 Å². The van der Waals surface area contributed by atoms with Crippen LogP contribution < -0.4 is 10.2 Å². The molecule has 4 nitrogen and oxygen atoms in total. The Labute approximate surface area is 149 Å². The van der Waals surface area contributed by atoms with Crippen molar-refractivity contribution in [2.45, 2.75) is 24.0 Å². The Kier molecular flexibility index (Phi) is 3.41. The average Bonchev–Trinajstić information content (AvgIpc) is 2.97. The maximum atomic E-state index is 12.9. The molecule has 2 aromatic carbocycles. The molecule has 2 aliphatic heterocycles. The van der Waals surface area contributed by atoms with Crippen LogP contribution in [0, 0.1) is 6.92 Å². The molecule has 0 aliphatic carbocycles. The molecule has 6 heteroatoms. The predicted octanol–water partition coefficient (Wildman–Crippen LogP) is 3.92. The van der Waals surface area contributed by atoms with Gasteiger partial charge in [0.25, 0.3) is 5.91 Å². The summed E-state index contributed by atoms with van der Waals surface area (Å²) >= 11 is 7.52. The van der Waals surface area contributed by atoms with E-state index in [4.69, 9.17) is 11.6 Å². The number of hydrogen-bond acceptors (Lipinski definition) is 3. The number of rotatable bonds is 1.